The smallest absolute Gasteiger partial charge is 0.277 e. The quantitative estimate of drug-likeness (QED) is 0.641. The fourth-order valence-electron chi connectivity index (χ4n) is 4.42. The van der Waals surface area contributed by atoms with E-state index in [4.69, 9.17) is 4.74 Å². The van der Waals surface area contributed by atoms with E-state index in [0.717, 1.165) is 11.3 Å². The summed E-state index contributed by atoms with van der Waals surface area (Å²) < 4.78 is 9.06. The second-order valence-electron chi connectivity index (χ2n) is 8.07. The van der Waals surface area contributed by atoms with Crippen molar-refractivity contribution < 1.29 is 19.4 Å². The van der Waals surface area contributed by atoms with Crippen LogP contribution in [0.4, 0.5) is 0 Å². The summed E-state index contributed by atoms with van der Waals surface area (Å²) in [7, 11) is 0. The van der Waals surface area contributed by atoms with Crippen molar-refractivity contribution in [1.29, 1.82) is 0 Å². The SMILES string of the molecule is C[C@H]1CO[C@]2(C)Cn3cc(C(=O)NCc4cnc5ccccn45)c(=O)c(O)c3C(=O)N12. The zero-order valence-electron chi connectivity index (χ0n) is 17.0. The van der Waals surface area contributed by atoms with E-state index in [2.05, 4.69) is 10.3 Å². The molecule has 0 aliphatic carbocycles. The van der Waals surface area contributed by atoms with Crippen LogP contribution in [0, 0.1) is 0 Å². The predicted octanol–water partition coefficient (Wildman–Crippen LogP) is 0.722. The molecule has 2 aliphatic heterocycles. The Hall–Kier alpha value is -3.66. The van der Waals surface area contributed by atoms with Gasteiger partial charge in [-0.25, -0.2) is 4.98 Å². The van der Waals surface area contributed by atoms with Crippen molar-refractivity contribution in [2.75, 3.05) is 6.61 Å². The zero-order chi connectivity index (χ0) is 21.9. The van der Waals surface area contributed by atoms with Gasteiger partial charge in [-0.05, 0) is 26.0 Å². The number of hydrogen-bond donors (Lipinski definition) is 2. The molecule has 2 atom stereocenters. The standard InChI is InChI=1S/C21H21N5O5/c1-12-10-31-21(2)11-24-9-14(17(27)18(28)16(24)20(30)26(12)21)19(29)23-8-13-7-22-15-5-3-4-6-25(13)15/h3-7,9,12,28H,8,10-11H2,1-2H3,(H,23,29)/t12-,21+/m0/s1. The fraction of sp³-hybridized carbons (Fsp3) is 0.333. The number of carbonyl (C=O) groups excluding carboxylic acids is 2. The van der Waals surface area contributed by atoms with Crippen molar-refractivity contribution in [3.8, 4) is 5.75 Å². The summed E-state index contributed by atoms with van der Waals surface area (Å²) >= 11 is 0. The normalized spacial score (nSPS) is 22.5. The van der Waals surface area contributed by atoms with Gasteiger partial charge < -0.3 is 29.0 Å². The van der Waals surface area contributed by atoms with Crippen LogP contribution in [0.2, 0.25) is 0 Å². The molecule has 31 heavy (non-hydrogen) atoms. The first-order chi connectivity index (χ1) is 14.8. The summed E-state index contributed by atoms with van der Waals surface area (Å²) in [6, 6.07) is 5.36. The van der Waals surface area contributed by atoms with Crippen molar-refractivity contribution in [2.45, 2.75) is 38.7 Å². The highest BCUT2D eigenvalue weighted by molar-refractivity contribution is 5.99. The lowest BCUT2D eigenvalue weighted by molar-refractivity contribution is -0.0752. The topological polar surface area (TPSA) is 118 Å². The highest BCUT2D eigenvalue weighted by Gasteiger charge is 2.50. The first-order valence-electron chi connectivity index (χ1n) is 9.93. The third-order valence-electron chi connectivity index (χ3n) is 5.90. The Labute approximate surface area is 176 Å². The van der Waals surface area contributed by atoms with E-state index < -0.39 is 28.7 Å². The molecule has 10 nitrogen and oxygen atoms in total. The molecule has 5 heterocycles. The Morgan fingerprint density at radius 1 is 1.39 bits per heavy atom. The number of nitrogens with zero attached hydrogens (tertiary/aromatic N) is 4. The summed E-state index contributed by atoms with van der Waals surface area (Å²) in [6.45, 7) is 4.30. The molecule has 3 aromatic heterocycles. The maximum Gasteiger partial charge on any atom is 0.277 e. The second-order valence-corrected chi connectivity index (χ2v) is 8.07. The minimum absolute atomic E-state index is 0.127. The first kappa shape index (κ1) is 19.3. The van der Waals surface area contributed by atoms with Crippen molar-refractivity contribution in [3.05, 3.63) is 64.0 Å². The molecule has 1 saturated heterocycles. The lowest BCUT2D eigenvalue weighted by Crippen LogP contribution is -2.56. The van der Waals surface area contributed by atoms with Crippen LogP contribution in [0.1, 0.15) is 40.4 Å². The number of fused-ring (bicyclic) bond motifs is 3. The largest absolute Gasteiger partial charge is 0.503 e. The third-order valence-corrected chi connectivity index (χ3v) is 5.90. The van der Waals surface area contributed by atoms with Gasteiger partial charge in [-0.3, -0.25) is 14.4 Å². The second kappa shape index (κ2) is 6.67. The van der Waals surface area contributed by atoms with Crippen LogP contribution in [0.15, 0.2) is 41.6 Å². The molecule has 160 valence electrons. The highest BCUT2D eigenvalue weighted by Crippen LogP contribution is 2.36. The van der Waals surface area contributed by atoms with Crippen molar-refractivity contribution in [2.24, 2.45) is 0 Å². The van der Waals surface area contributed by atoms with Gasteiger partial charge in [-0.15, -0.1) is 0 Å². The molecule has 0 bridgehead atoms. The Balaban J connectivity index is 1.46. The van der Waals surface area contributed by atoms with E-state index >= 15 is 0 Å². The summed E-state index contributed by atoms with van der Waals surface area (Å²) in [5, 5.41) is 13.2. The van der Waals surface area contributed by atoms with E-state index in [1.807, 2.05) is 35.7 Å². The van der Waals surface area contributed by atoms with Crippen LogP contribution in [0.5, 0.6) is 5.75 Å². The van der Waals surface area contributed by atoms with Crippen LogP contribution >= 0.6 is 0 Å². The maximum absolute atomic E-state index is 13.0. The lowest BCUT2D eigenvalue weighted by Gasteiger charge is -2.41. The molecule has 2 N–H and O–H groups in total. The van der Waals surface area contributed by atoms with Crippen molar-refractivity contribution in [1.82, 2.24) is 24.2 Å². The Kier molecular flexibility index (Phi) is 4.16. The number of carbonyl (C=O) groups is 2. The van der Waals surface area contributed by atoms with Crippen LogP contribution in [-0.2, 0) is 17.8 Å². The average molecular weight is 423 g/mol. The Morgan fingerprint density at radius 3 is 3.00 bits per heavy atom. The third kappa shape index (κ3) is 2.82. The van der Waals surface area contributed by atoms with Gasteiger partial charge in [0.05, 0.1) is 37.6 Å². The minimum atomic E-state index is -0.907. The molecule has 3 aromatic rings. The average Bonchev–Trinajstić information content (AvgIpc) is 3.29. The van der Waals surface area contributed by atoms with Crippen LogP contribution in [0.3, 0.4) is 0 Å². The van der Waals surface area contributed by atoms with E-state index in [1.54, 1.807) is 13.1 Å². The van der Waals surface area contributed by atoms with E-state index in [1.165, 1.54) is 15.7 Å². The highest BCUT2D eigenvalue weighted by atomic mass is 16.5. The molecular formula is C21H21N5O5. The van der Waals surface area contributed by atoms with Crippen LogP contribution in [-0.4, -0.2) is 54.1 Å². The minimum Gasteiger partial charge on any atom is -0.503 e. The first-order valence-corrected chi connectivity index (χ1v) is 9.93. The number of rotatable bonds is 3. The molecule has 2 amide bonds. The molecule has 0 saturated carbocycles. The Bertz CT molecular complexity index is 1300. The lowest BCUT2D eigenvalue weighted by atomic mass is 10.1. The van der Waals surface area contributed by atoms with Crippen molar-refractivity contribution >= 4 is 17.5 Å². The summed E-state index contributed by atoms with van der Waals surface area (Å²) in [4.78, 5) is 44.3. The molecule has 0 aromatic carbocycles. The zero-order valence-corrected chi connectivity index (χ0v) is 17.0. The number of ether oxygens (including phenoxy) is 1. The van der Waals surface area contributed by atoms with Gasteiger partial charge in [-0.1, -0.05) is 6.07 Å². The molecule has 0 spiro atoms. The number of aromatic hydroxyl groups is 1. The van der Waals surface area contributed by atoms with E-state index in [9.17, 15) is 19.5 Å². The Morgan fingerprint density at radius 2 is 2.19 bits per heavy atom. The van der Waals surface area contributed by atoms with Gasteiger partial charge >= 0.3 is 0 Å². The number of imidazole rings is 1. The fourth-order valence-corrected chi connectivity index (χ4v) is 4.42. The van der Waals surface area contributed by atoms with E-state index in [-0.39, 0.29) is 30.4 Å². The monoisotopic (exact) mass is 423 g/mol. The molecule has 10 heteroatoms. The predicted molar refractivity (Wildman–Crippen MR) is 109 cm³/mol. The maximum atomic E-state index is 13.0. The van der Waals surface area contributed by atoms with Crippen LogP contribution in [0.25, 0.3) is 5.65 Å². The number of hydrogen-bond acceptors (Lipinski definition) is 6. The van der Waals surface area contributed by atoms with Gasteiger partial charge in [-0.2, -0.15) is 0 Å². The number of nitrogens with one attached hydrogen (secondary N) is 1. The number of amides is 2. The molecule has 0 radical (unpaired) electrons. The molecule has 5 rings (SSSR count). The summed E-state index contributed by atoms with van der Waals surface area (Å²) in [6.07, 6.45) is 4.78. The molecular weight excluding hydrogens is 402 g/mol. The summed E-state index contributed by atoms with van der Waals surface area (Å²) in [5.74, 6) is -1.87. The van der Waals surface area contributed by atoms with Crippen molar-refractivity contribution in [3.63, 3.8) is 0 Å². The van der Waals surface area contributed by atoms with Gasteiger partial charge in [0, 0.05) is 12.4 Å². The van der Waals surface area contributed by atoms with Gasteiger partial charge in [0.25, 0.3) is 11.8 Å². The van der Waals surface area contributed by atoms with Gasteiger partial charge in [0.15, 0.2) is 17.2 Å². The van der Waals surface area contributed by atoms with Crippen LogP contribution < -0.4 is 10.7 Å². The van der Waals surface area contributed by atoms with E-state index in [0.29, 0.717) is 6.61 Å². The van der Waals surface area contributed by atoms with Gasteiger partial charge in [0.1, 0.15) is 11.2 Å². The van der Waals surface area contributed by atoms with Gasteiger partial charge in [0.2, 0.25) is 5.43 Å². The summed E-state index contributed by atoms with van der Waals surface area (Å²) in [5.41, 5.74) is -0.691. The molecule has 2 aliphatic rings. The number of pyridine rings is 2. The molecule has 1 fully saturated rings. The number of aromatic nitrogens is 3. The molecule has 0 unspecified atom stereocenters.